The van der Waals surface area contributed by atoms with E-state index in [0.717, 1.165) is 6.42 Å². The van der Waals surface area contributed by atoms with Crippen LogP contribution in [0.5, 0.6) is 11.5 Å². The van der Waals surface area contributed by atoms with Crippen LogP contribution < -0.4 is 14.8 Å². The van der Waals surface area contributed by atoms with Crippen molar-refractivity contribution < 1.29 is 24.2 Å². The summed E-state index contributed by atoms with van der Waals surface area (Å²) < 4.78 is 10.8. The summed E-state index contributed by atoms with van der Waals surface area (Å²) in [4.78, 5) is 22.2. The molecule has 1 aromatic rings. The van der Waals surface area contributed by atoms with Gasteiger partial charge in [0.15, 0.2) is 11.5 Å². The summed E-state index contributed by atoms with van der Waals surface area (Å²) in [6.07, 6.45) is 1.33. The molecule has 1 amide bonds. The number of nitrogens with one attached hydrogen (secondary N) is 1. The largest absolute Gasteiger partial charge is 0.493 e. The summed E-state index contributed by atoms with van der Waals surface area (Å²) >= 11 is 0. The number of aromatic carboxylic acids is 1. The van der Waals surface area contributed by atoms with Crippen molar-refractivity contribution in [1.29, 1.82) is 0 Å². The van der Waals surface area contributed by atoms with Gasteiger partial charge in [-0.2, -0.15) is 0 Å². The topological polar surface area (TPSA) is 84.9 Å². The number of piperidine rings is 1. The maximum absolute atomic E-state index is 11.3. The van der Waals surface area contributed by atoms with Crippen LogP contribution in [0.3, 0.4) is 0 Å². The van der Waals surface area contributed by atoms with Crippen LogP contribution in [0.2, 0.25) is 0 Å². The van der Waals surface area contributed by atoms with Crippen molar-refractivity contribution >= 4 is 11.9 Å². The Hall–Kier alpha value is -2.24. The highest BCUT2D eigenvalue weighted by Crippen LogP contribution is 2.29. The van der Waals surface area contributed by atoms with E-state index >= 15 is 0 Å². The van der Waals surface area contributed by atoms with Crippen LogP contribution in [0.25, 0.3) is 0 Å². The van der Waals surface area contributed by atoms with Crippen LogP contribution in [0.15, 0.2) is 18.2 Å². The Bertz CT molecular complexity index is 514. The fourth-order valence-corrected chi connectivity index (χ4v) is 2.12. The quantitative estimate of drug-likeness (QED) is 0.848. The van der Waals surface area contributed by atoms with Crippen molar-refractivity contribution in [2.24, 2.45) is 5.92 Å². The molecule has 1 heterocycles. The molecule has 1 aliphatic heterocycles. The average Bonchev–Trinajstić information content (AvgIpc) is 2.45. The Balaban J connectivity index is 2.01. The summed E-state index contributed by atoms with van der Waals surface area (Å²) in [6, 6.07) is 4.46. The van der Waals surface area contributed by atoms with Crippen molar-refractivity contribution in [2.45, 2.75) is 12.8 Å². The number of hydrogen-bond acceptors (Lipinski definition) is 4. The molecule has 1 saturated heterocycles. The molecule has 0 radical (unpaired) electrons. The number of carboxylic acid groups (broad SMARTS) is 1. The van der Waals surface area contributed by atoms with Crippen LogP contribution in [0.4, 0.5) is 0 Å². The van der Waals surface area contributed by atoms with E-state index in [1.807, 2.05) is 0 Å². The van der Waals surface area contributed by atoms with Crippen molar-refractivity contribution in [2.75, 3.05) is 20.3 Å². The molecule has 1 aliphatic rings. The second kappa shape index (κ2) is 6.27. The zero-order valence-electron chi connectivity index (χ0n) is 11.2. The van der Waals surface area contributed by atoms with Gasteiger partial charge in [0, 0.05) is 18.9 Å². The monoisotopic (exact) mass is 279 g/mol. The number of carbonyl (C=O) groups is 2. The van der Waals surface area contributed by atoms with Crippen molar-refractivity contribution in [3.63, 3.8) is 0 Å². The molecular formula is C14H17NO5. The highest BCUT2D eigenvalue weighted by Gasteiger charge is 2.20. The number of benzene rings is 1. The van der Waals surface area contributed by atoms with Gasteiger partial charge < -0.3 is 19.9 Å². The third-order valence-electron chi connectivity index (χ3n) is 3.23. The molecule has 0 aromatic heterocycles. The smallest absolute Gasteiger partial charge is 0.335 e. The first-order valence-electron chi connectivity index (χ1n) is 6.41. The van der Waals surface area contributed by atoms with Gasteiger partial charge in [0.1, 0.15) is 0 Å². The highest BCUT2D eigenvalue weighted by atomic mass is 16.5. The van der Waals surface area contributed by atoms with Crippen molar-refractivity contribution in [1.82, 2.24) is 5.32 Å². The zero-order valence-corrected chi connectivity index (χ0v) is 11.2. The molecule has 0 saturated carbocycles. The Morgan fingerprint density at radius 2 is 2.25 bits per heavy atom. The van der Waals surface area contributed by atoms with Gasteiger partial charge in [-0.3, -0.25) is 4.79 Å². The number of amides is 1. The van der Waals surface area contributed by atoms with E-state index in [1.165, 1.54) is 19.2 Å². The first-order valence-corrected chi connectivity index (χ1v) is 6.41. The lowest BCUT2D eigenvalue weighted by Crippen LogP contribution is -2.35. The highest BCUT2D eigenvalue weighted by molar-refractivity contribution is 5.88. The molecule has 0 bridgehead atoms. The second-order valence-electron chi connectivity index (χ2n) is 4.69. The summed E-state index contributed by atoms with van der Waals surface area (Å²) in [6.45, 7) is 1.08. The standard InChI is InChI=1S/C14H17NO5/c1-19-12-7-10(14(17)18)2-3-11(12)20-8-9-4-5-15-13(16)6-9/h2-3,7,9H,4-6,8H2,1H3,(H,15,16)(H,17,18). The van der Waals surface area contributed by atoms with E-state index in [2.05, 4.69) is 5.32 Å². The Labute approximate surface area is 116 Å². The normalized spacial score (nSPS) is 18.2. The van der Waals surface area contributed by atoms with Crippen molar-refractivity contribution in [3.05, 3.63) is 23.8 Å². The first-order chi connectivity index (χ1) is 9.60. The maximum atomic E-state index is 11.3. The number of ether oxygens (including phenoxy) is 2. The summed E-state index contributed by atoms with van der Waals surface area (Å²) in [5.74, 6) is 0.0677. The fraction of sp³-hybridized carbons (Fsp3) is 0.429. The van der Waals surface area contributed by atoms with E-state index in [1.54, 1.807) is 6.07 Å². The predicted molar refractivity (Wildman–Crippen MR) is 71.2 cm³/mol. The van der Waals surface area contributed by atoms with Gasteiger partial charge in [0.25, 0.3) is 0 Å². The predicted octanol–water partition coefficient (Wildman–Crippen LogP) is 1.30. The third-order valence-corrected chi connectivity index (χ3v) is 3.23. The molecule has 2 N–H and O–H groups in total. The van der Waals surface area contributed by atoms with Crippen LogP contribution >= 0.6 is 0 Å². The van der Waals surface area contributed by atoms with Crippen LogP contribution in [0, 0.1) is 5.92 Å². The Kier molecular flexibility index (Phi) is 4.45. The van der Waals surface area contributed by atoms with Gasteiger partial charge in [0.05, 0.1) is 19.3 Å². The maximum Gasteiger partial charge on any atom is 0.335 e. The minimum Gasteiger partial charge on any atom is -0.493 e. The van der Waals surface area contributed by atoms with E-state index in [9.17, 15) is 9.59 Å². The van der Waals surface area contributed by atoms with Crippen LogP contribution in [-0.2, 0) is 4.79 Å². The van der Waals surface area contributed by atoms with Gasteiger partial charge in [-0.1, -0.05) is 0 Å². The van der Waals surface area contributed by atoms with Gasteiger partial charge in [-0.05, 0) is 24.6 Å². The minimum atomic E-state index is -1.01. The molecule has 2 rings (SSSR count). The van der Waals surface area contributed by atoms with E-state index < -0.39 is 5.97 Å². The number of carboxylic acids is 1. The summed E-state index contributed by atoms with van der Waals surface area (Å²) in [7, 11) is 1.46. The number of methoxy groups -OCH3 is 1. The molecule has 0 spiro atoms. The molecule has 20 heavy (non-hydrogen) atoms. The first kappa shape index (κ1) is 14.2. The molecule has 1 atom stereocenters. The number of rotatable bonds is 5. The fourth-order valence-electron chi connectivity index (χ4n) is 2.12. The lowest BCUT2D eigenvalue weighted by Gasteiger charge is -2.22. The zero-order chi connectivity index (χ0) is 14.5. The summed E-state index contributed by atoms with van der Waals surface area (Å²) in [5, 5.41) is 11.7. The van der Waals surface area contributed by atoms with Crippen molar-refractivity contribution in [3.8, 4) is 11.5 Å². The molecule has 6 nitrogen and oxygen atoms in total. The number of carbonyl (C=O) groups excluding carboxylic acids is 1. The SMILES string of the molecule is COc1cc(C(=O)O)ccc1OCC1CCNC(=O)C1. The molecule has 108 valence electrons. The van der Waals surface area contributed by atoms with Crippen LogP contribution in [0.1, 0.15) is 23.2 Å². The molecule has 1 aromatic carbocycles. The molecule has 0 aliphatic carbocycles. The average molecular weight is 279 g/mol. The molecular weight excluding hydrogens is 262 g/mol. The second-order valence-corrected chi connectivity index (χ2v) is 4.69. The van der Waals surface area contributed by atoms with Gasteiger partial charge in [0.2, 0.25) is 5.91 Å². The summed E-state index contributed by atoms with van der Waals surface area (Å²) in [5.41, 5.74) is 0.145. The number of hydrogen-bond donors (Lipinski definition) is 2. The lowest BCUT2D eigenvalue weighted by atomic mass is 9.99. The van der Waals surface area contributed by atoms with E-state index in [0.29, 0.717) is 31.1 Å². The van der Waals surface area contributed by atoms with Gasteiger partial charge in [-0.25, -0.2) is 4.79 Å². The Morgan fingerprint density at radius 1 is 1.45 bits per heavy atom. The lowest BCUT2D eigenvalue weighted by molar-refractivity contribution is -0.123. The Morgan fingerprint density at radius 3 is 2.90 bits per heavy atom. The molecule has 1 fully saturated rings. The molecule has 6 heteroatoms. The van der Waals surface area contributed by atoms with Gasteiger partial charge >= 0.3 is 5.97 Å². The van der Waals surface area contributed by atoms with E-state index in [-0.39, 0.29) is 17.4 Å². The molecule has 1 unspecified atom stereocenters. The minimum absolute atomic E-state index is 0.0399. The van der Waals surface area contributed by atoms with Crippen LogP contribution in [-0.4, -0.2) is 37.2 Å². The van der Waals surface area contributed by atoms with E-state index in [4.69, 9.17) is 14.6 Å². The third kappa shape index (κ3) is 3.40. The van der Waals surface area contributed by atoms with Gasteiger partial charge in [-0.15, -0.1) is 0 Å².